The lowest BCUT2D eigenvalue weighted by Gasteiger charge is -2.13. The number of nitrogens with zero attached hydrogens (tertiary/aromatic N) is 1. The number of aromatic amines is 2. The van der Waals surface area contributed by atoms with Crippen molar-refractivity contribution < 1.29 is 25.8 Å². The molecule has 1 aromatic carbocycles. The molecule has 0 radical (unpaired) electrons. The largest absolute Gasteiger partial charge is 0.534 e. The van der Waals surface area contributed by atoms with Crippen molar-refractivity contribution in [2.75, 3.05) is 0 Å². The number of hydrogen-bond acceptors (Lipinski definition) is 4. The molecule has 0 saturated heterocycles. The van der Waals surface area contributed by atoms with E-state index >= 15 is 0 Å². The van der Waals surface area contributed by atoms with E-state index in [2.05, 4.69) is 19.1 Å². The van der Waals surface area contributed by atoms with Gasteiger partial charge in [0.1, 0.15) is 11.6 Å². The highest BCUT2D eigenvalue weighted by atomic mass is 32.2. The summed E-state index contributed by atoms with van der Waals surface area (Å²) in [6.45, 7) is 6.02. The highest BCUT2D eigenvalue weighted by molar-refractivity contribution is 7.88. The van der Waals surface area contributed by atoms with E-state index < -0.39 is 21.4 Å². The van der Waals surface area contributed by atoms with E-state index in [1.54, 1.807) is 12.3 Å². The summed E-state index contributed by atoms with van der Waals surface area (Å²) in [5.41, 5.74) is -3.67. The topological polar surface area (TPSA) is 87.8 Å². The van der Waals surface area contributed by atoms with Crippen LogP contribution in [0.25, 0.3) is 22.3 Å². The SMILES string of the molecule is CC(C)(C)c1ncc(-c2cc3cc(OS(=O)(=O)C(F)(F)F)ccc3[nH]2)[nH]1. The highest BCUT2D eigenvalue weighted by Crippen LogP contribution is 2.31. The zero-order chi connectivity index (χ0) is 19.3. The number of hydrogen-bond donors (Lipinski definition) is 2. The van der Waals surface area contributed by atoms with Crippen LogP contribution in [0, 0.1) is 0 Å². The van der Waals surface area contributed by atoms with Crippen molar-refractivity contribution in [2.24, 2.45) is 0 Å². The Morgan fingerprint density at radius 3 is 2.31 bits per heavy atom. The quantitative estimate of drug-likeness (QED) is 0.524. The molecule has 3 aromatic rings. The molecule has 0 unspecified atom stereocenters. The van der Waals surface area contributed by atoms with Crippen molar-refractivity contribution in [3.8, 4) is 17.1 Å². The molecule has 2 heterocycles. The van der Waals surface area contributed by atoms with Crippen molar-refractivity contribution in [3.63, 3.8) is 0 Å². The lowest BCUT2D eigenvalue weighted by molar-refractivity contribution is -0.0500. The summed E-state index contributed by atoms with van der Waals surface area (Å²) in [7, 11) is -5.70. The molecule has 6 nitrogen and oxygen atoms in total. The normalized spacial score (nSPS) is 13.3. The lowest BCUT2D eigenvalue weighted by atomic mass is 9.96. The zero-order valence-electron chi connectivity index (χ0n) is 14.1. The van der Waals surface area contributed by atoms with Crippen molar-refractivity contribution in [1.82, 2.24) is 15.0 Å². The molecule has 0 saturated carbocycles. The monoisotopic (exact) mass is 387 g/mol. The molecule has 2 aromatic heterocycles. The summed E-state index contributed by atoms with van der Waals surface area (Å²) in [5.74, 6) is 0.367. The molecule has 0 amide bonds. The Morgan fingerprint density at radius 1 is 1.04 bits per heavy atom. The molecular formula is C16H16F3N3O3S. The predicted octanol–water partition coefficient (Wildman–Crippen LogP) is 4.08. The molecule has 0 atom stereocenters. The number of imidazole rings is 1. The van der Waals surface area contributed by atoms with Crippen LogP contribution in [0.5, 0.6) is 5.75 Å². The Labute approximate surface area is 147 Å². The smallest absolute Gasteiger partial charge is 0.376 e. The Hall–Kier alpha value is -2.49. The first kappa shape index (κ1) is 18.3. The summed E-state index contributed by atoms with van der Waals surface area (Å²) >= 11 is 0. The van der Waals surface area contributed by atoms with Crippen molar-refractivity contribution in [1.29, 1.82) is 0 Å². The second kappa shape index (κ2) is 5.76. The van der Waals surface area contributed by atoms with Gasteiger partial charge in [-0.05, 0) is 24.3 Å². The Morgan fingerprint density at radius 2 is 1.73 bits per heavy atom. The van der Waals surface area contributed by atoms with Gasteiger partial charge in [0.25, 0.3) is 0 Å². The van der Waals surface area contributed by atoms with E-state index in [0.29, 0.717) is 22.3 Å². The van der Waals surface area contributed by atoms with E-state index in [4.69, 9.17) is 0 Å². The van der Waals surface area contributed by atoms with Gasteiger partial charge in [-0.15, -0.1) is 0 Å². The minimum atomic E-state index is -5.70. The first-order valence-corrected chi connectivity index (χ1v) is 8.97. The molecule has 0 aliphatic heterocycles. The van der Waals surface area contributed by atoms with Crippen LogP contribution in [0.3, 0.4) is 0 Å². The van der Waals surface area contributed by atoms with Crippen LogP contribution in [0.15, 0.2) is 30.5 Å². The van der Waals surface area contributed by atoms with Crippen molar-refractivity contribution in [2.45, 2.75) is 31.7 Å². The molecule has 0 aliphatic rings. The van der Waals surface area contributed by atoms with Crippen LogP contribution in [-0.4, -0.2) is 28.9 Å². The number of benzene rings is 1. The number of nitrogens with one attached hydrogen (secondary N) is 2. The third-order valence-electron chi connectivity index (χ3n) is 3.66. The predicted molar refractivity (Wildman–Crippen MR) is 90.2 cm³/mol. The fraction of sp³-hybridized carbons (Fsp3) is 0.312. The summed E-state index contributed by atoms with van der Waals surface area (Å²) in [6.07, 6.45) is 1.65. The standard InChI is InChI=1S/C16H16F3N3O3S/c1-15(2,3)14-20-8-13(22-14)12-7-9-6-10(4-5-11(9)21-12)25-26(23,24)16(17,18)19/h4-8,21H,1-3H3,(H,20,22). The Balaban J connectivity index is 1.94. The first-order chi connectivity index (χ1) is 11.9. The van der Waals surface area contributed by atoms with Crippen LogP contribution in [0.4, 0.5) is 13.2 Å². The zero-order valence-corrected chi connectivity index (χ0v) is 14.9. The van der Waals surface area contributed by atoms with E-state index in [1.165, 1.54) is 12.1 Å². The average molecular weight is 387 g/mol. The van der Waals surface area contributed by atoms with Crippen LogP contribution >= 0.6 is 0 Å². The summed E-state index contributed by atoms with van der Waals surface area (Å²) in [4.78, 5) is 10.6. The van der Waals surface area contributed by atoms with Gasteiger partial charge in [0.05, 0.1) is 17.6 Å². The molecule has 0 fully saturated rings. The van der Waals surface area contributed by atoms with E-state index in [0.717, 1.165) is 11.9 Å². The maximum atomic E-state index is 12.4. The van der Waals surface area contributed by atoms with E-state index in [1.807, 2.05) is 20.8 Å². The van der Waals surface area contributed by atoms with Gasteiger partial charge in [0.15, 0.2) is 0 Å². The molecule has 10 heteroatoms. The third-order valence-corrected chi connectivity index (χ3v) is 4.64. The summed E-state index contributed by atoms with van der Waals surface area (Å²) in [5, 5.41) is 0.502. The molecule has 0 spiro atoms. The van der Waals surface area contributed by atoms with E-state index in [9.17, 15) is 21.6 Å². The number of alkyl halides is 3. The van der Waals surface area contributed by atoms with Crippen LogP contribution < -0.4 is 4.18 Å². The second-order valence-electron chi connectivity index (χ2n) is 6.81. The first-order valence-electron chi connectivity index (χ1n) is 7.56. The average Bonchev–Trinajstić information content (AvgIpc) is 3.11. The van der Waals surface area contributed by atoms with Crippen molar-refractivity contribution in [3.05, 3.63) is 36.3 Å². The van der Waals surface area contributed by atoms with Crippen molar-refractivity contribution >= 4 is 21.0 Å². The lowest BCUT2D eigenvalue weighted by Crippen LogP contribution is -2.28. The number of halogens is 3. The van der Waals surface area contributed by atoms with E-state index in [-0.39, 0.29) is 5.41 Å². The second-order valence-corrected chi connectivity index (χ2v) is 8.35. The van der Waals surface area contributed by atoms with Crippen LogP contribution in [0.1, 0.15) is 26.6 Å². The molecule has 2 N–H and O–H groups in total. The van der Waals surface area contributed by atoms with Gasteiger partial charge in [-0.2, -0.15) is 21.6 Å². The van der Waals surface area contributed by atoms with Gasteiger partial charge in [0, 0.05) is 16.3 Å². The molecule has 3 rings (SSSR count). The van der Waals surface area contributed by atoms with Gasteiger partial charge < -0.3 is 14.2 Å². The molecule has 140 valence electrons. The fourth-order valence-corrected chi connectivity index (χ4v) is 2.77. The molecular weight excluding hydrogens is 371 g/mol. The molecule has 26 heavy (non-hydrogen) atoms. The molecule has 0 bridgehead atoms. The number of aromatic nitrogens is 3. The summed E-state index contributed by atoms with van der Waals surface area (Å²) in [6, 6.07) is 5.49. The Kier molecular flexibility index (Phi) is 4.06. The van der Waals surface area contributed by atoms with Gasteiger partial charge in [0.2, 0.25) is 0 Å². The molecule has 0 aliphatic carbocycles. The fourth-order valence-electron chi connectivity index (χ4n) is 2.32. The minimum absolute atomic E-state index is 0.169. The van der Waals surface area contributed by atoms with Gasteiger partial charge >= 0.3 is 15.6 Å². The number of rotatable bonds is 3. The number of H-pyrrole nitrogens is 2. The summed E-state index contributed by atoms with van der Waals surface area (Å²) < 4.78 is 63.7. The van der Waals surface area contributed by atoms with Crippen LogP contribution in [0.2, 0.25) is 0 Å². The highest BCUT2D eigenvalue weighted by Gasteiger charge is 2.48. The van der Waals surface area contributed by atoms with Gasteiger partial charge in [-0.1, -0.05) is 20.8 Å². The maximum Gasteiger partial charge on any atom is 0.534 e. The minimum Gasteiger partial charge on any atom is -0.376 e. The Bertz CT molecular complexity index is 1060. The van der Waals surface area contributed by atoms with Gasteiger partial charge in [-0.3, -0.25) is 0 Å². The maximum absolute atomic E-state index is 12.4. The van der Waals surface area contributed by atoms with Gasteiger partial charge in [-0.25, -0.2) is 4.98 Å². The van der Waals surface area contributed by atoms with Crippen LogP contribution in [-0.2, 0) is 15.5 Å². The number of fused-ring (bicyclic) bond motifs is 1. The third kappa shape index (κ3) is 3.41.